The second-order valence-corrected chi connectivity index (χ2v) is 6.37. The Kier molecular flexibility index (Phi) is 4.94. The van der Waals surface area contributed by atoms with E-state index in [9.17, 15) is 4.79 Å². The Morgan fingerprint density at radius 1 is 1.30 bits per heavy atom. The minimum absolute atomic E-state index is 0.0158. The summed E-state index contributed by atoms with van der Waals surface area (Å²) in [5.74, 6) is 1.23. The van der Waals surface area contributed by atoms with Gasteiger partial charge >= 0.3 is 0 Å². The van der Waals surface area contributed by atoms with Gasteiger partial charge in [-0.15, -0.1) is 0 Å². The fraction of sp³-hybridized carbons (Fsp3) is 0.562. The number of amides is 1. The summed E-state index contributed by atoms with van der Waals surface area (Å²) < 4.78 is 16.4. The number of nitrogens with one attached hydrogen (secondary N) is 1. The van der Waals surface area contributed by atoms with Crippen molar-refractivity contribution in [2.24, 2.45) is 5.92 Å². The molecule has 2 aliphatic rings. The van der Waals surface area contributed by atoms with Crippen LogP contribution < -0.4 is 14.8 Å². The maximum atomic E-state index is 12.1. The summed E-state index contributed by atoms with van der Waals surface area (Å²) in [6, 6.07) is 3.64. The summed E-state index contributed by atoms with van der Waals surface area (Å²) in [6.45, 7) is 3.05. The molecule has 2 aliphatic heterocycles. The predicted octanol–water partition coefficient (Wildman–Crippen LogP) is 1.30. The maximum absolute atomic E-state index is 12.1. The highest BCUT2D eigenvalue weighted by atomic mass is 35.5. The normalized spacial score (nSPS) is 24.7. The Bertz CT molecular complexity index is 596. The molecule has 1 N–H and O–H groups in total. The molecular weight excluding hydrogens is 320 g/mol. The molecule has 0 unspecified atom stereocenters. The lowest BCUT2D eigenvalue weighted by Gasteiger charge is -2.28. The van der Waals surface area contributed by atoms with Crippen molar-refractivity contribution in [1.82, 2.24) is 10.2 Å². The Hall–Kier alpha value is -1.50. The van der Waals surface area contributed by atoms with Crippen LogP contribution in [-0.4, -0.2) is 57.4 Å². The highest BCUT2D eigenvalue weighted by Gasteiger charge is 2.33. The molecule has 0 spiro atoms. The molecule has 0 aliphatic carbocycles. The summed E-state index contributed by atoms with van der Waals surface area (Å²) in [7, 11) is 3.21. The molecule has 126 valence electrons. The number of fused-ring (bicyclic) bond motifs is 3. The van der Waals surface area contributed by atoms with Crippen molar-refractivity contribution in [3.05, 3.63) is 22.7 Å². The fourth-order valence-corrected chi connectivity index (χ4v) is 3.45. The maximum Gasteiger partial charge on any atom is 0.227 e. The van der Waals surface area contributed by atoms with Gasteiger partial charge in [-0.3, -0.25) is 9.69 Å². The standard InChI is InChI=1S/C16H21ClN2O4/c1-21-14-4-12(17)3-10(15(14)22-2)5-19-6-11-8-23-9-13(7-19)18-16(11)20/h3-4,11,13H,5-9H2,1-2H3,(H,18,20)/t11-,13+/m1/s1. The van der Waals surface area contributed by atoms with Crippen molar-refractivity contribution in [3.63, 3.8) is 0 Å². The van der Waals surface area contributed by atoms with E-state index in [4.69, 9.17) is 25.8 Å². The minimum atomic E-state index is -0.144. The minimum Gasteiger partial charge on any atom is -0.493 e. The number of carbonyl (C=O) groups is 1. The van der Waals surface area contributed by atoms with E-state index < -0.39 is 0 Å². The van der Waals surface area contributed by atoms with Crippen molar-refractivity contribution in [1.29, 1.82) is 0 Å². The lowest BCUT2D eigenvalue weighted by molar-refractivity contribution is -0.125. The number of hydrogen-bond donors (Lipinski definition) is 1. The van der Waals surface area contributed by atoms with Crippen molar-refractivity contribution in [3.8, 4) is 11.5 Å². The summed E-state index contributed by atoms with van der Waals surface area (Å²) in [5.41, 5.74) is 0.949. The summed E-state index contributed by atoms with van der Waals surface area (Å²) in [6.07, 6.45) is 0. The van der Waals surface area contributed by atoms with Crippen LogP contribution in [0.3, 0.4) is 0 Å². The van der Waals surface area contributed by atoms with Crippen LogP contribution in [0.4, 0.5) is 0 Å². The second-order valence-electron chi connectivity index (χ2n) is 5.93. The zero-order valence-corrected chi connectivity index (χ0v) is 14.1. The van der Waals surface area contributed by atoms with E-state index in [1.54, 1.807) is 20.3 Å². The number of nitrogens with zero attached hydrogens (tertiary/aromatic N) is 1. The lowest BCUT2D eigenvalue weighted by Crippen LogP contribution is -2.41. The smallest absolute Gasteiger partial charge is 0.227 e. The molecule has 2 bridgehead atoms. The van der Waals surface area contributed by atoms with Crippen LogP contribution in [0, 0.1) is 5.92 Å². The van der Waals surface area contributed by atoms with Gasteiger partial charge in [-0.2, -0.15) is 0 Å². The van der Waals surface area contributed by atoms with E-state index in [1.807, 2.05) is 6.07 Å². The first-order valence-electron chi connectivity index (χ1n) is 7.61. The number of ether oxygens (including phenoxy) is 3. The van der Waals surface area contributed by atoms with Crippen LogP contribution in [0.1, 0.15) is 5.56 Å². The first kappa shape index (κ1) is 16.4. The van der Waals surface area contributed by atoms with E-state index in [0.29, 0.717) is 42.8 Å². The van der Waals surface area contributed by atoms with E-state index in [-0.39, 0.29) is 17.9 Å². The SMILES string of the molecule is COc1cc(Cl)cc(CN2C[C@H]3COC[C@@H](C2)C(=O)N3)c1OC. The Morgan fingerprint density at radius 2 is 2.13 bits per heavy atom. The fourth-order valence-electron chi connectivity index (χ4n) is 3.21. The first-order valence-corrected chi connectivity index (χ1v) is 7.99. The van der Waals surface area contributed by atoms with Crippen molar-refractivity contribution in [2.45, 2.75) is 12.6 Å². The molecule has 1 amide bonds. The summed E-state index contributed by atoms with van der Waals surface area (Å²) >= 11 is 6.19. The monoisotopic (exact) mass is 340 g/mol. The van der Waals surface area contributed by atoms with Crippen LogP contribution in [0.25, 0.3) is 0 Å². The topological polar surface area (TPSA) is 60.0 Å². The Labute approximate surface area is 140 Å². The molecular formula is C16H21ClN2O4. The van der Waals surface area contributed by atoms with Crippen molar-refractivity contribution >= 4 is 17.5 Å². The van der Waals surface area contributed by atoms with E-state index in [2.05, 4.69) is 10.2 Å². The van der Waals surface area contributed by atoms with Crippen LogP contribution in [0.15, 0.2) is 12.1 Å². The number of carbonyl (C=O) groups excluding carboxylic acids is 1. The molecule has 2 heterocycles. The third-order valence-electron chi connectivity index (χ3n) is 4.23. The van der Waals surface area contributed by atoms with Gasteiger partial charge in [0.1, 0.15) is 0 Å². The Balaban J connectivity index is 1.84. The van der Waals surface area contributed by atoms with Gasteiger partial charge in [0.05, 0.1) is 39.4 Å². The second kappa shape index (κ2) is 6.95. The molecule has 0 aromatic heterocycles. The quantitative estimate of drug-likeness (QED) is 0.895. The molecule has 2 atom stereocenters. The van der Waals surface area contributed by atoms with Gasteiger partial charge < -0.3 is 19.5 Å². The molecule has 2 saturated heterocycles. The number of rotatable bonds is 4. The van der Waals surface area contributed by atoms with Crippen molar-refractivity contribution in [2.75, 3.05) is 40.5 Å². The van der Waals surface area contributed by atoms with Crippen LogP contribution in [0.2, 0.25) is 5.02 Å². The molecule has 1 aromatic rings. The molecule has 2 fully saturated rings. The zero-order valence-electron chi connectivity index (χ0n) is 13.3. The van der Waals surface area contributed by atoms with Gasteiger partial charge in [-0.05, 0) is 6.07 Å². The summed E-state index contributed by atoms with van der Waals surface area (Å²) in [4.78, 5) is 14.3. The van der Waals surface area contributed by atoms with E-state index in [1.165, 1.54) is 0 Å². The highest BCUT2D eigenvalue weighted by molar-refractivity contribution is 6.30. The molecule has 3 rings (SSSR count). The number of methoxy groups -OCH3 is 2. The highest BCUT2D eigenvalue weighted by Crippen LogP contribution is 2.35. The number of halogens is 1. The lowest BCUT2D eigenvalue weighted by atomic mass is 10.1. The first-order chi connectivity index (χ1) is 11.1. The molecule has 7 heteroatoms. The molecule has 0 saturated carbocycles. The number of hydrogen-bond acceptors (Lipinski definition) is 5. The molecule has 1 aromatic carbocycles. The van der Waals surface area contributed by atoms with Gasteiger partial charge in [0.15, 0.2) is 11.5 Å². The largest absolute Gasteiger partial charge is 0.493 e. The van der Waals surface area contributed by atoms with Gasteiger partial charge in [-0.1, -0.05) is 11.6 Å². The third-order valence-corrected chi connectivity index (χ3v) is 4.45. The van der Waals surface area contributed by atoms with E-state index in [0.717, 1.165) is 12.1 Å². The average molecular weight is 341 g/mol. The van der Waals surface area contributed by atoms with Crippen LogP contribution in [0.5, 0.6) is 11.5 Å². The molecule has 23 heavy (non-hydrogen) atoms. The summed E-state index contributed by atoms with van der Waals surface area (Å²) in [5, 5.41) is 3.63. The van der Waals surface area contributed by atoms with Gasteiger partial charge in [0.25, 0.3) is 0 Å². The third kappa shape index (κ3) is 3.54. The van der Waals surface area contributed by atoms with Crippen LogP contribution >= 0.6 is 11.6 Å². The molecule has 6 nitrogen and oxygen atoms in total. The van der Waals surface area contributed by atoms with Gasteiger partial charge in [0.2, 0.25) is 5.91 Å². The van der Waals surface area contributed by atoms with Gasteiger partial charge in [0, 0.05) is 36.3 Å². The van der Waals surface area contributed by atoms with Gasteiger partial charge in [-0.25, -0.2) is 0 Å². The zero-order chi connectivity index (χ0) is 16.4. The van der Waals surface area contributed by atoms with E-state index >= 15 is 0 Å². The predicted molar refractivity (Wildman–Crippen MR) is 86.1 cm³/mol. The molecule has 0 radical (unpaired) electrons. The Morgan fingerprint density at radius 3 is 2.87 bits per heavy atom. The average Bonchev–Trinajstić information content (AvgIpc) is 2.75. The number of benzene rings is 1. The van der Waals surface area contributed by atoms with Crippen molar-refractivity contribution < 1.29 is 19.0 Å². The van der Waals surface area contributed by atoms with Crippen LogP contribution in [-0.2, 0) is 16.1 Å².